The van der Waals surface area contributed by atoms with Crippen molar-refractivity contribution in [1.29, 1.82) is 0 Å². The van der Waals surface area contributed by atoms with Crippen molar-refractivity contribution in [2.75, 3.05) is 18.5 Å². The molecule has 0 aliphatic carbocycles. The first-order chi connectivity index (χ1) is 10.3. The number of hydrogen-bond donors (Lipinski definition) is 2. The van der Waals surface area contributed by atoms with Crippen molar-refractivity contribution in [1.82, 2.24) is 15.2 Å². The third-order valence-corrected chi connectivity index (χ3v) is 2.63. The number of aromatic amines is 1. The van der Waals surface area contributed by atoms with Crippen molar-refractivity contribution < 1.29 is 14.3 Å². The van der Waals surface area contributed by atoms with Crippen LogP contribution in [0.5, 0.6) is 11.5 Å². The van der Waals surface area contributed by atoms with Gasteiger partial charge in [-0.1, -0.05) is 12.1 Å². The lowest BCUT2D eigenvalue weighted by atomic mass is 10.3. The van der Waals surface area contributed by atoms with Gasteiger partial charge in [-0.25, -0.2) is 5.10 Å². The minimum Gasteiger partial charge on any atom is -0.490 e. The average Bonchev–Trinajstić information content (AvgIpc) is 2.98. The molecule has 0 saturated carbocycles. The molecule has 0 spiro atoms. The van der Waals surface area contributed by atoms with Crippen LogP contribution in [0, 0.1) is 0 Å². The SMILES string of the molecule is CCOc1ccccc1OCCCC(=O)Nc1ncn[nH]1. The van der Waals surface area contributed by atoms with Gasteiger partial charge in [-0.3, -0.25) is 10.1 Å². The maximum atomic E-state index is 11.6. The largest absolute Gasteiger partial charge is 0.490 e. The number of H-pyrrole nitrogens is 1. The van der Waals surface area contributed by atoms with Gasteiger partial charge in [0, 0.05) is 6.42 Å². The minimum absolute atomic E-state index is 0.131. The quantitative estimate of drug-likeness (QED) is 0.726. The summed E-state index contributed by atoms with van der Waals surface area (Å²) < 4.78 is 11.1. The van der Waals surface area contributed by atoms with Crippen molar-refractivity contribution >= 4 is 11.9 Å². The topological polar surface area (TPSA) is 89.1 Å². The Labute approximate surface area is 122 Å². The van der Waals surface area contributed by atoms with E-state index in [1.54, 1.807) is 0 Å². The Morgan fingerprint density at radius 2 is 2.05 bits per heavy atom. The molecule has 0 aliphatic rings. The number of nitrogens with one attached hydrogen (secondary N) is 2. The predicted octanol–water partition coefficient (Wildman–Crippen LogP) is 2.00. The summed E-state index contributed by atoms with van der Waals surface area (Å²) in [5.74, 6) is 1.62. The second-order valence-electron chi connectivity index (χ2n) is 4.21. The van der Waals surface area contributed by atoms with E-state index in [4.69, 9.17) is 9.47 Å². The molecule has 0 saturated heterocycles. The molecule has 0 atom stereocenters. The highest BCUT2D eigenvalue weighted by Gasteiger charge is 2.06. The van der Waals surface area contributed by atoms with E-state index in [1.807, 2.05) is 31.2 Å². The predicted molar refractivity (Wildman–Crippen MR) is 77.4 cm³/mol. The van der Waals surface area contributed by atoms with Gasteiger partial charge < -0.3 is 9.47 Å². The van der Waals surface area contributed by atoms with Gasteiger partial charge in [-0.05, 0) is 25.5 Å². The molecule has 0 bridgehead atoms. The molecule has 1 aromatic carbocycles. The van der Waals surface area contributed by atoms with Crippen LogP contribution >= 0.6 is 0 Å². The zero-order chi connectivity index (χ0) is 14.9. The van der Waals surface area contributed by atoms with Crippen LogP contribution in [0.2, 0.25) is 0 Å². The van der Waals surface area contributed by atoms with Crippen molar-refractivity contribution in [3.63, 3.8) is 0 Å². The van der Waals surface area contributed by atoms with Gasteiger partial charge in [0.15, 0.2) is 11.5 Å². The summed E-state index contributed by atoms with van der Waals surface area (Å²) in [5, 5.41) is 8.82. The summed E-state index contributed by atoms with van der Waals surface area (Å²) in [7, 11) is 0. The number of nitrogens with zero attached hydrogens (tertiary/aromatic N) is 2. The lowest BCUT2D eigenvalue weighted by Gasteiger charge is -2.11. The first-order valence-corrected chi connectivity index (χ1v) is 6.79. The molecular weight excluding hydrogens is 272 g/mol. The number of rotatable bonds is 8. The van der Waals surface area contributed by atoms with E-state index in [1.165, 1.54) is 6.33 Å². The Balaban J connectivity index is 1.71. The Bertz CT molecular complexity index is 557. The van der Waals surface area contributed by atoms with Gasteiger partial charge in [-0.2, -0.15) is 10.1 Å². The summed E-state index contributed by atoms with van der Waals surface area (Å²) in [6, 6.07) is 7.48. The Morgan fingerprint density at radius 3 is 2.71 bits per heavy atom. The number of aromatic nitrogens is 3. The summed E-state index contributed by atoms with van der Waals surface area (Å²) in [5.41, 5.74) is 0. The van der Waals surface area contributed by atoms with Gasteiger partial charge in [0.25, 0.3) is 0 Å². The number of carbonyl (C=O) groups excluding carboxylic acids is 1. The maximum Gasteiger partial charge on any atom is 0.226 e. The lowest BCUT2D eigenvalue weighted by Crippen LogP contribution is -2.13. The maximum absolute atomic E-state index is 11.6. The molecular formula is C14H18N4O3. The van der Waals surface area contributed by atoms with Gasteiger partial charge in [0.1, 0.15) is 6.33 Å². The highest BCUT2D eigenvalue weighted by molar-refractivity contribution is 5.88. The van der Waals surface area contributed by atoms with E-state index in [-0.39, 0.29) is 5.91 Å². The van der Waals surface area contributed by atoms with Gasteiger partial charge in [-0.15, -0.1) is 0 Å². The number of para-hydroxylation sites is 2. The zero-order valence-electron chi connectivity index (χ0n) is 11.8. The standard InChI is InChI=1S/C14H18N4O3/c1-2-20-11-6-3-4-7-12(11)21-9-5-8-13(19)17-14-15-10-16-18-14/h3-4,6-7,10H,2,5,8-9H2,1H3,(H2,15,16,17,18,19). The van der Waals surface area contributed by atoms with Crippen molar-refractivity contribution in [2.45, 2.75) is 19.8 Å². The number of hydrogen-bond acceptors (Lipinski definition) is 5. The van der Waals surface area contributed by atoms with Crippen molar-refractivity contribution in [3.8, 4) is 11.5 Å². The van der Waals surface area contributed by atoms with Gasteiger partial charge >= 0.3 is 0 Å². The number of anilines is 1. The van der Waals surface area contributed by atoms with E-state index in [2.05, 4.69) is 20.5 Å². The van der Waals surface area contributed by atoms with Crippen LogP contribution < -0.4 is 14.8 Å². The van der Waals surface area contributed by atoms with E-state index in [0.717, 1.165) is 0 Å². The Morgan fingerprint density at radius 1 is 1.29 bits per heavy atom. The second-order valence-corrected chi connectivity index (χ2v) is 4.21. The van der Waals surface area contributed by atoms with Crippen molar-refractivity contribution in [2.24, 2.45) is 0 Å². The first kappa shape index (κ1) is 14.8. The van der Waals surface area contributed by atoms with Gasteiger partial charge in [0.05, 0.1) is 13.2 Å². The van der Waals surface area contributed by atoms with Crippen LogP contribution in [-0.4, -0.2) is 34.3 Å². The average molecular weight is 290 g/mol. The number of carbonyl (C=O) groups is 1. The van der Waals surface area contributed by atoms with Crippen molar-refractivity contribution in [3.05, 3.63) is 30.6 Å². The highest BCUT2D eigenvalue weighted by Crippen LogP contribution is 2.26. The summed E-state index contributed by atoms with van der Waals surface area (Å²) >= 11 is 0. The normalized spacial score (nSPS) is 10.1. The Hall–Kier alpha value is -2.57. The number of ether oxygens (including phenoxy) is 2. The zero-order valence-corrected chi connectivity index (χ0v) is 11.8. The first-order valence-electron chi connectivity index (χ1n) is 6.79. The molecule has 1 aromatic heterocycles. The van der Waals surface area contributed by atoms with Gasteiger partial charge in [0.2, 0.25) is 11.9 Å². The molecule has 0 unspecified atom stereocenters. The minimum atomic E-state index is -0.131. The molecule has 2 rings (SSSR count). The van der Waals surface area contributed by atoms with E-state index >= 15 is 0 Å². The molecule has 112 valence electrons. The van der Waals surface area contributed by atoms with Crippen LogP contribution in [0.4, 0.5) is 5.95 Å². The molecule has 0 fully saturated rings. The van der Waals surface area contributed by atoms with E-state index in [9.17, 15) is 4.79 Å². The third-order valence-electron chi connectivity index (χ3n) is 2.63. The molecule has 7 nitrogen and oxygen atoms in total. The molecule has 0 aliphatic heterocycles. The monoisotopic (exact) mass is 290 g/mol. The summed E-state index contributed by atoms with van der Waals surface area (Å²) in [6.07, 6.45) is 2.28. The fraction of sp³-hybridized carbons (Fsp3) is 0.357. The van der Waals surface area contributed by atoms with Crippen LogP contribution in [0.15, 0.2) is 30.6 Å². The lowest BCUT2D eigenvalue weighted by molar-refractivity contribution is -0.116. The highest BCUT2D eigenvalue weighted by atomic mass is 16.5. The molecule has 21 heavy (non-hydrogen) atoms. The van der Waals surface area contributed by atoms with Crippen LogP contribution in [0.25, 0.3) is 0 Å². The second kappa shape index (κ2) is 7.88. The molecule has 1 amide bonds. The summed E-state index contributed by atoms with van der Waals surface area (Å²) in [4.78, 5) is 15.4. The van der Waals surface area contributed by atoms with E-state index < -0.39 is 0 Å². The number of benzene rings is 1. The molecule has 2 aromatic rings. The molecule has 0 radical (unpaired) electrons. The molecule has 7 heteroatoms. The Kier molecular flexibility index (Phi) is 5.57. The summed E-state index contributed by atoms with van der Waals surface area (Å²) in [6.45, 7) is 2.94. The number of amides is 1. The van der Waals surface area contributed by atoms with Crippen LogP contribution in [-0.2, 0) is 4.79 Å². The molecule has 1 heterocycles. The smallest absolute Gasteiger partial charge is 0.226 e. The van der Waals surface area contributed by atoms with Crippen LogP contribution in [0.1, 0.15) is 19.8 Å². The van der Waals surface area contributed by atoms with E-state index in [0.29, 0.717) is 43.5 Å². The molecule has 2 N–H and O–H groups in total. The van der Waals surface area contributed by atoms with Crippen LogP contribution in [0.3, 0.4) is 0 Å². The third kappa shape index (κ3) is 4.79. The fourth-order valence-corrected chi connectivity index (χ4v) is 1.72. The fourth-order valence-electron chi connectivity index (χ4n) is 1.72.